The van der Waals surface area contributed by atoms with Crippen molar-refractivity contribution in [2.75, 3.05) is 13.1 Å². The second-order valence-corrected chi connectivity index (χ2v) is 7.05. The number of amides is 1. The quantitative estimate of drug-likeness (QED) is 0.854. The van der Waals surface area contributed by atoms with Crippen molar-refractivity contribution in [3.63, 3.8) is 0 Å². The third-order valence-corrected chi connectivity index (χ3v) is 5.22. The largest absolute Gasteiger partial charge is 0.481 e. The van der Waals surface area contributed by atoms with Gasteiger partial charge in [0.1, 0.15) is 0 Å². The highest BCUT2D eigenvalue weighted by molar-refractivity contribution is 5.81. The third-order valence-electron chi connectivity index (χ3n) is 5.22. The lowest BCUT2D eigenvalue weighted by molar-refractivity contribution is -0.151. The summed E-state index contributed by atoms with van der Waals surface area (Å²) in [5, 5.41) is 17.6. The zero-order chi connectivity index (χ0) is 18.7. The lowest BCUT2D eigenvalue weighted by Crippen LogP contribution is -2.40. The molecule has 3 rings (SSSR count). The van der Waals surface area contributed by atoms with Crippen molar-refractivity contribution in [1.82, 2.24) is 15.1 Å². The standard InChI is InChI=1S/C19H23N3O4/c1-13(2)19(18(24)25)10-11-22(12-19)16(23)9-8-15-20-21-17(26-15)14-6-4-3-5-7-14/h3-7,13H,8-12H2,1-2H3,(H,24,25). The minimum atomic E-state index is -0.847. The van der Waals surface area contributed by atoms with E-state index < -0.39 is 11.4 Å². The normalized spacial score (nSPS) is 19.9. The molecule has 2 aromatic rings. The third kappa shape index (κ3) is 3.47. The van der Waals surface area contributed by atoms with Crippen molar-refractivity contribution in [3.05, 3.63) is 36.2 Å². The van der Waals surface area contributed by atoms with E-state index in [-0.39, 0.29) is 24.8 Å². The van der Waals surface area contributed by atoms with Crippen molar-refractivity contribution < 1.29 is 19.1 Å². The number of benzene rings is 1. The Labute approximate surface area is 152 Å². The van der Waals surface area contributed by atoms with Crippen LogP contribution in [0.4, 0.5) is 0 Å². The maximum atomic E-state index is 12.5. The number of nitrogens with zero attached hydrogens (tertiary/aromatic N) is 3. The molecule has 1 aromatic carbocycles. The van der Waals surface area contributed by atoms with Crippen molar-refractivity contribution in [3.8, 4) is 11.5 Å². The van der Waals surface area contributed by atoms with E-state index in [1.54, 1.807) is 4.90 Å². The average molecular weight is 357 g/mol. The van der Waals surface area contributed by atoms with Crippen LogP contribution < -0.4 is 0 Å². The van der Waals surface area contributed by atoms with Crippen molar-refractivity contribution in [2.45, 2.75) is 33.1 Å². The van der Waals surface area contributed by atoms with Crippen LogP contribution in [0.1, 0.15) is 32.6 Å². The minimum absolute atomic E-state index is 0.0258. The molecule has 26 heavy (non-hydrogen) atoms. The summed E-state index contributed by atoms with van der Waals surface area (Å²) >= 11 is 0. The second-order valence-electron chi connectivity index (χ2n) is 7.05. The molecule has 0 aliphatic carbocycles. The van der Waals surface area contributed by atoms with Gasteiger partial charge in [-0.25, -0.2) is 0 Å². The van der Waals surface area contributed by atoms with E-state index >= 15 is 0 Å². The highest BCUT2D eigenvalue weighted by Gasteiger charge is 2.48. The number of carbonyl (C=O) groups excluding carboxylic acids is 1. The van der Waals surface area contributed by atoms with Gasteiger partial charge in [0.25, 0.3) is 0 Å². The molecule has 0 spiro atoms. The van der Waals surface area contributed by atoms with E-state index in [0.717, 1.165) is 5.56 Å². The zero-order valence-electron chi connectivity index (χ0n) is 15.0. The Morgan fingerprint density at radius 3 is 2.62 bits per heavy atom. The molecule has 1 aliphatic heterocycles. The molecule has 1 fully saturated rings. The Morgan fingerprint density at radius 2 is 2.00 bits per heavy atom. The number of hydrogen-bond acceptors (Lipinski definition) is 5. The van der Waals surface area contributed by atoms with Crippen molar-refractivity contribution >= 4 is 11.9 Å². The number of likely N-dealkylation sites (tertiary alicyclic amines) is 1. The number of carboxylic acid groups (broad SMARTS) is 1. The first-order valence-electron chi connectivity index (χ1n) is 8.81. The number of rotatable bonds is 6. The molecule has 1 amide bonds. The summed E-state index contributed by atoms with van der Waals surface area (Å²) in [5.41, 5.74) is -0.0130. The Kier molecular flexibility index (Phi) is 5.06. The van der Waals surface area contributed by atoms with Crippen molar-refractivity contribution in [2.24, 2.45) is 11.3 Å². The molecule has 1 N–H and O–H groups in total. The second kappa shape index (κ2) is 7.27. The molecule has 138 valence electrons. The first kappa shape index (κ1) is 18.1. The fourth-order valence-corrected chi connectivity index (χ4v) is 3.36. The van der Waals surface area contributed by atoms with Crippen LogP contribution in [0.25, 0.3) is 11.5 Å². The van der Waals surface area contributed by atoms with Crippen LogP contribution in [0.15, 0.2) is 34.7 Å². The van der Waals surface area contributed by atoms with E-state index in [2.05, 4.69) is 10.2 Å². The maximum absolute atomic E-state index is 12.5. The van der Waals surface area contributed by atoms with Gasteiger partial charge in [-0.3, -0.25) is 9.59 Å². The highest BCUT2D eigenvalue weighted by Crippen LogP contribution is 2.38. The molecule has 0 bridgehead atoms. The van der Waals surface area contributed by atoms with Gasteiger partial charge in [0.05, 0.1) is 5.41 Å². The van der Waals surface area contributed by atoms with Crippen LogP contribution in [0.5, 0.6) is 0 Å². The van der Waals surface area contributed by atoms with E-state index in [0.29, 0.717) is 31.2 Å². The number of carbonyl (C=O) groups is 2. The van der Waals surface area contributed by atoms with Gasteiger partial charge in [-0.1, -0.05) is 32.0 Å². The number of aryl methyl sites for hydroxylation is 1. The SMILES string of the molecule is CC(C)C1(C(=O)O)CCN(C(=O)CCc2nnc(-c3ccccc3)o2)C1. The topological polar surface area (TPSA) is 96.5 Å². The summed E-state index contributed by atoms with van der Waals surface area (Å²) in [6.45, 7) is 4.53. The number of hydrogen-bond donors (Lipinski definition) is 1. The first-order valence-corrected chi connectivity index (χ1v) is 8.81. The van der Waals surface area contributed by atoms with E-state index in [1.165, 1.54) is 0 Å². The predicted molar refractivity (Wildman–Crippen MR) is 94.2 cm³/mol. The Bertz CT molecular complexity index is 787. The molecule has 7 nitrogen and oxygen atoms in total. The van der Waals surface area contributed by atoms with Gasteiger partial charge in [0.15, 0.2) is 0 Å². The fourth-order valence-electron chi connectivity index (χ4n) is 3.36. The fraction of sp³-hybridized carbons (Fsp3) is 0.474. The predicted octanol–water partition coefficient (Wildman–Crippen LogP) is 2.63. The highest BCUT2D eigenvalue weighted by atomic mass is 16.4. The van der Waals surface area contributed by atoms with Crippen LogP contribution in [0, 0.1) is 11.3 Å². The van der Waals surface area contributed by atoms with E-state index in [1.807, 2.05) is 44.2 Å². The van der Waals surface area contributed by atoms with E-state index in [9.17, 15) is 14.7 Å². The Hall–Kier alpha value is -2.70. The summed E-state index contributed by atoms with van der Waals surface area (Å²) in [5.74, 6) is -0.0914. The van der Waals surface area contributed by atoms with Crippen LogP contribution in [0.2, 0.25) is 0 Å². The molecule has 0 saturated carbocycles. The Balaban J connectivity index is 1.58. The maximum Gasteiger partial charge on any atom is 0.311 e. The summed E-state index contributed by atoms with van der Waals surface area (Å²) < 4.78 is 5.61. The van der Waals surface area contributed by atoms with Crippen LogP contribution in [-0.2, 0) is 16.0 Å². The zero-order valence-corrected chi connectivity index (χ0v) is 15.0. The van der Waals surface area contributed by atoms with Gasteiger partial charge in [-0.2, -0.15) is 0 Å². The van der Waals surface area contributed by atoms with Gasteiger partial charge in [0, 0.05) is 31.5 Å². The minimum Gasteiger partial charge on any atom is -0.481 e. The van der Waals surface area contributed by atoms with Gasteiger partial charge in [-0.05, 0) is 24.5 Å². The monoisotopic (exact) mass is 357 g/mol. The van der Waals surface area contributed by atoms with Gasteiger partial charge < -0.3 is 14.4 Å². The summed E-state index contributed by atoms with van der Waals surface area (Å²) in [6.07, 6.45) is 1.06. The molecule has 1 unspecified atom stereocenters. The van der Waals surface area contributed by atoms with Gasteiger partial charge in [-0.15, -0.1) is 10.2 Å². The van der Waals surface area contributed by atoms with Gasteiger partial charge >= 0.3 is 5.97 Å². The lowest BCUT2D eigenvalue weighted by atomic mass is 9.76. The first-order chi connectivity index (χ1) is 12.4. The summed E-state index contributed by atoms with van der Waals surface area (Å²) in [4.78, 5) is 25.8. The molecule has 0 radical (unpaired) electrons. The molecule has 2 heterocycles. The van der Waals surface area contributed by atoms with Crippen LogP contribution in [-0.4, -0.2) is 45.2 Å². The smallest absolute Gasteiger partial charge is 0.311 e. The van der Waals surface area contributed by atoms with Crippen LogP contribution >= 0.6 is 0 Å². The lowest BCUT2D eigenvalue weighted by Gasteiger charge is -2.28. The Morgan fingerprint density at radius 1 is 1.27 bits per heavy atom. The molecule has 7 heteroatoms. The summed E-state index contributed by atoms with van der Waals surface area (Å²) in [6, 6.07) is 9.44. The molecular formula is C19H23N3O4. The van der Waals surface area contributed by atoms with E-state index in [4.69, 9.17) is 4.42 Å². The molecular weight excluding hydrogens is 334 g/mol. The van der Waals surface area contributed by atoms with Crippen LogP contribution in [0.3, 0.4) is 0 Å². The molecule has 1 saturated heterocycles. The number of aromatic nitrogens is 2. The molecule has 1 atom stereocenters. The molecule has 1 aromatic heterocycles. The average Bonchev–Trinajstić information content (AvgIpc) is 3.28. The van der Waals surface area contributed by atoms with Gasteiger partial charge in [0.2, 0.25) is 17.7 Å². The molecule has 1 aliphatic rings. The number of carboxylic acids is 1. The summed E-state index contributed by atoms with van der Waals surface area (Å²) in [7, 11) is 0. The van der Waals surface area contributed by atoms with Crippen molar-refractivity contribution in [1.29, 1.82) is 0 Å². The number of aliphatic carboxylic acids is 1.